The maximum Gasteiger partial charge on any atom is 0.321 e. The van der Waals surface area contributed by atoms with Gasteiger partial charge in [0.1, 0.15) is 17.7 Å². The highest BCUT2D eigenvalue weighted by molar-refractivity contribution is 5.91. The average Bonchev–Trinajstić information content (AvgIpc) is 3.04. The zero-order valence-corrected chi connectivity index (χ0v) is 25.1. The lowest BCUT2D eigenvalue weighted by atomic mass is 10.0. The van der Waals surface area contributed by atoms with Gasteiger partial charge < -0.3 is 35.0 Å². The molecule has 4 rings (SSSR count). The number of hydrogen-bond donors (Lipinski definition) is 3. The first-order valence-electron chi connectivity index (χ1n) is 14.7. The molecule has 43 heavy (non-hydrogen) atoms. The van der Waals surface area contributed by atoms with E-state index >= 15 is 0 Å². The molecule has 0 unspecified atom stereocenters. The number of aliphatic hydroxyl groups is 1. The van der Waals surface area contributed by atoms with E-state index in [1.54, 1.807) is 37.1 Å². The van der Waals surface area contributed by atoms with E-state index in [1.165, 1.54) is 29.2 Å². The third-order valence-corrected chi connectivity index (χ3v) is 7.86. The number of halogens is 1. The van der Waals surface area contributed by atoms with E-state index in [0.29, 0.717) is 55.4 Å². The van der Waals surface area contributed by atoms with Crippen LogP contribution in [0.2, 0.25) is 0 Å². The predicted molar refractivity (Wildman–Crippen MR) is 161 cm³/mol. The van der Waals surface area contributed by atoms with Gasteiger partial charge in [0.2, 0.25) is 11.8 Å². The number of nitrogens with one attached hydrogen (secondary N) is 2. The largest absolute Gasteiger partial charge is 0.488 e. The number of carbonyl (C=O) groups is 3. The molecule has 234 valence electrons. The van der Waals surface area contributed by atoms with E-state index in [2.05, 4.69) is 15.5 Å². The van der Waals surface area contributed by atoms with Crippen LogP contribution < -0.4 is 15.4 Å². The fourth-order valence-corrected chi connectivity index (χ4v) is 5.14. The lowest BCUT2D eigenvalue weighted by Gasteiger charge is -2.34. The topological polar surface area (TPSA) is 124 Å². The quantitative estimate of drug-likeness (QED) is 0.405. The van der Waals surface area contributed by atoms with Gasteiger partial charge in [-0.15, -0.1) is 0 Å². The molecular weight excluding hydrogens is 557 g/mol. The minimum absolute atomic E-state index is 0.0253. The molecule has 0 bridgehead atoms. The fraction of sp³-hybridized carbons (Fsp3) is 0.516. The van der Waals surface area contributed by atoms with Gasteiger partial charge in [-0.2, -0.15) is 0 Å². The molecule has 0 spiro atoms. The van der Waals surface area contributed by atoms with Crippen LogP contribution in [0, 0.1) is 11.7 Å². The minimum Gasteiger partial charge on any atom is -0.488 e. The van der Waals surface area contributed by atoms with Crippen LogP contribution >= 0.6 is 0 Å². The standard InChI is InChI=1S/C31H42FN5O6/c1-21-18-37(22(2)20-38)30(40)17-23-16-26(33-29(39)10-11-36-12-14-42-15-13-36)8-9-27(23)43-28(21)19-35(3)31(41)34-25-6-4-24(32)5-7-25/h4-9,16,21-22,28,38H,10-15,17-20H2,1-3H3,(H,33,39)(H,34,41)/t21-,22-,28+/m1/s1. The number of rotatable bonds is 9. The van der Waals surface area contributed by atoms with E-state index in [1.807, 2.05) is 6.92 Å². The first-order chi connectivity index (χ1) is 20.6. The maximum absolute atomic E-state index is 13.5. The molecule has 3 atom stereocenters. The molecule has 4 amide bonds. The van der Waals surface area contributed by atoms with Crippen LogP contribution in [0.15, 0.2) is 42.5 Å². The van der Waals surface area contributed by atoms with Crippen LogP contribution in [0.1, 0.15) is 25.8 Å². The lowest BCUT2D eigenvalue weighted by Crippen LogP contribution is -2.48. The van der Waals surface area contributed by atoms with Gasteiger partial charge in [-0.3, -0.25) is 14.5 Å². The monoisotopic (exact) mass is 599 g/mol. The number of hydrogen-bond acceptors (Lipinski definition) is 7. The second-order valence-corrected chi connectivity index (χ2v) is 11.3. The van der Waals surface area contributed by atoms with Gasteiger partial charge in [0.15, 0.2) is 0 Å². The number of likely N-dealkylation sites (N-methyl/N-ethyl adjacent to an activating group) is 1. The third-order valence-electron chi connectivity index (χ3n) is 7.86. The molecule has 0 radical (unpaired) electrons. The summed E-state index contributed by atoms with van der Waals surface area (Å²) in [5.41, 5.74) is 1.62. The molecule has 2 aliphatic heterocycles. The number of morpholine rings is 1. The summed E-state index contributed by atoms with van der Waals surface area (Å²) < 4.78 is 25.1. The third kappa shape index (κ3) is 9.12. The van der Waals surface area contributed by atoms with Gasteiger partial charge in [0, 0.05) is 62.5 Å². The molecule has 2 aliphatic rings. The summed E-state index contributed by atoms with van der Waals surface area (Å²) in [6.45, 7) is 7.62. The summed E-state index contributed by atoms with van der Waals surface area (Å²) in [6, 6.07) is 9.92. The van der Waals surface area contributed by atoms with Crippen molar-refractivity contribution in [1.82, 2.24) is 14.7 Å². The van der Waals surface area contributed by atoms with E-state index in [-0.39, 0.29) is 37.3 Å². The lowest BCUT2D eigenvalue weighted by molar-refractivity contribution is -0.134. The molecule has 0 aromatic heterocycles. The fourth-order valence-electron chi connectivity index (χ4n) is 5.14. The summed E-state index contributed by atoms with van der Waals surface area (Å²) in [7, 11) is 1.64. The van der Waals surface area contributed by atoms with Crippen molar-refractivity contribution in [3.8, 4) is 5.75 Å². The summed E-state index contributed by atoms with van der Waals surface area (Å²) in [6.07, 6.45) is -0.145. The summed E-state index contributed by atoms with van der Waals surface area (Å²) in [5.74, 6) is -0.411. The van der Waals surface area contributed by atoms with Crippen molar-refractivity contribution in [2.45, 2.75) is 38.8 Å². The van der Waals surface area contributed by atoms with E-state index in [0.717, 1.165) is 13.1 Å². The van der Waals surface area contributed by atoms with Crippen molar-refractivity contribution < 1.29 is 33.4 Å². The predicted octanol–water partition coefficient (Wildman–Crippen LogP) is 2.80. The Bertz CT molecular complexity index is 1260. The highest BCUT2D eigenvalue weighted by Gasteiger charge is 2.32. The number of benzene rings is 2. The Morgan fingerprint density at radius 1 is 1.12 bits per heavy atom. The highest BCUT2D eigenvalue weighted by Crippen LogP contribution is 2.29. The van der Waals surface area contributed by atoms with Crippen molar-refractivity contribution in [1.29, 1.82) is 0 Å². The summed E-state index contributed by atoms with van der Waals surface area (Å²) in [5, 5.41) is 15.6. The molecule has 0 aliphatic carbocycles. The number of fused-ring (bicyclic) bond motifs is 1. The van der Waals surface area contributed by atoms with Crippen LogP contribution in [0.5, 0.6) is 5.75 Å². The van der Waals surface area contributed by atoms with Crippen LogP contribution in [-0.2, 0) is 20.7 Å². The summed E-state index contributed by atoms with van der Waals surface area (Å²) in [4.78, 5) is 44.4. The average molecular weight is 600 g/mol. The van der Waals surface area contributed by atoms with Gasteiger partial charge >= 0.3 is 6.03 Å². The molecule has 1 saturated heterocycles. The Hall–Kier alpha value is -3.74. The van der Waals surface area contributed by atoms with Crippen LogP contribution in [-0.4, -0.2) is 109 Å². The molecular formula is C31H42FN5O6. The molecule has 1 fully saturated rings. The summed E-state index contributed by atoms with van der Waals surface area (Å²) >= 11 is 0. The first kappa shape index (κ1) is 32.2. The van der Waals surface area contributed by atoms with Crippen molar-refractivity contribution in [3.05, 3.63) is 53.8 Å². The smallest absolute Gasteiger partial charge is 0.321 e. The molecule has 2 aromatic carbocycles. The van der Waals surface area contributed by atoms with Gasteiger partial charge in [-0.1, -0.05) is 6.92 Å². The number of nitrogens with zero attached hydrogens (tertiary/aromatic N) is 3. The van der Waals surface area contributed by atoms with E-state index < -0.39 is 24.0 Å². The second-order valence-electron chi connectivity index (χ2n) is 11.3. The van der Waals surface area contributed by atoms with Gasteiger partial charge in [-0.25, -0.2) is 9.18 Å². The molecule has 2 heterocycles. The Balaban J connectivity index is 1.50. The van der Waals surface area contributed by atoms with Crippen LogP contribution in [0.4, 0.5) is 20.6 Å². The molecule has 3 N–H and O–H groups in total. The Kier molecular flexibility index (Phi) is 11.3. The van der Waals surface area contributed by atoms with Crippen molar-refractivity contribution in [3.63, 3.8) is 0 Å². The minimum atomic E-state index is -0.504. The zero-order valence-electron chi connectivity index (χ0n) is 25.1. The van der Waals surface area contributed by atoms with Gasteiger partial charge in [0.05, 0.1) is 38.8 Å². The van der Waals surface area contributed by atoms with E-state index in [9.17, 15) is 23.9 Å². The molecule has 11 nitrogen and oxygen atoms in total. The number of ether oxygens (including phenoxy) is 2. The van der Waals surface area contributed by atoms with Crippen LogP contribution in [0.3, 0.4) is 0 Å². The number of urea groups is 1. The normalized spacial score (nSPS) is 20.1. The SMILES string of the molecule is C[C@@H]1CN([C@H](C)CO)C(=O)Cc2cc(NC(=O)CCN3CCOCC3)ccc2O[C@H]1CN(C)C(=O)Nc1ccc(F)cc1. The molecule has 2 aromatic rings. The number of carbonyl (C=O) groups excluding carboxylic acids is 3. The van der Waals surface area contributed by atoms with Crippen molar-refractivity contribution in [2.75, 3.05) is 70.2 Å². The molecule has 12 heteroatoms. The number of amides is 4. The maximum atomic E-state index is 13.5. The van der Waals surface area contributed by atoms with Gasteiger partial charge in [-0.05, 0) is 49.4 Å². The van der Waals surface area contributed by atoms with Crippen molar-refractivity contribution in [2.24, 2.45) is 5.92 Å². The van der Waals surface area contributed by atoms with Crippen LogP contribution in [0.25, 0.3) is 0 Å². The molecule has 0 saturated carbocycles. The Morgan fingerprint density at radius 2 is 1.81 bits per heavy atom. The van der Waals surface area contributed by atoms with E-state index in [4.69, 9.17) is 9.47 Å². The first-order valence-corrected chi connectivity index (χ1v) is 14.7. The highest BCUT2D eigenvalue weighted by atomic mass is 19.1. The Labute approximate surface area is 251 Å². The number of anilines is 2. The zero-order chi connectivity index (χ0) is 30.9. The number of aliphatic hydroxyl groups excluding tert-OH is 1. The second kappa shape index (κ2) is 15.1. The van der Waals surface area contributed by atoms with Gasteiger partial charge in [0.25, 0.3) is 0 Å². The van der Waals surface area contributed by atoms with Crippen molar-refractivity contribution >= 4 is 29.2 Å². The Morgan fingerprint density at radius 3 is 2.51 bits per heavy atom.